The minimum Gasteiger partial charge on any atom is -0.475 e. The SMILES string of the molecule is CCc1cc(OCC2CNCCO2)ncn1. The van der Waals surface area contributed by atoms with Crippen molar-refractivity contribution in [2.45, 2.75) is 19.4 Å². The molecule has 5 nitrogen and oxygen atoms in total. The van der Waals surface area contributed by atoms with Gasteiger partial charge in [0.05, 0.1) is 6.61 Å². The highest BCUT2D eigenvalue weighted by Crippen LogP contribution is 2.08. The molecule has 0 radical (unpaired) electrons. The number of rotatable bonds is 4. The van der Waals surface area contributed by atoms with Gasteiger partial charge >= 0.3 is 0 Å². The molecule has 88 valence electrons. The van der Waals surface area contributed by atoms with E-state index in [0.29, 0.717) is 12.5 Å². The van der Waals surface area contributed by atoms with Crippen LogP contribution in [0, 0.1) is 0 Å². The van der Waals surface area contributed by atoms with E-state index in [1.54, 1.807) is 0 Å². The molecule has 1 aromatic heterocycles. The quantitative estimate of drug-likeness (QED) is 0.801. The second kappa shape index (κ2) is 5.77. The summed E-state index contributed by atoms with van der Waals surface area (Å²) in [4.78, 5) is 8.18. The molecule has 16 heavy (non-hydrogen) atoms. The van der Waals surface area contributed by atoms with Crippen molar-refractivity contribution >= 4 is 0 Å². The van der Waals surface area contributed by atoms with Crippen LogP contribution in [0.3, 0.4) is 0 Å². The molecular formula is C11H17N3O2. The molecule has 2 rings (SSSR count). The minimum absolute atomic E-state index is 0.119. The van der Waals surface area contributed by atoms with Gasteiger partial charge in [-0.2, -0.15) is 0 Å². The molecular weight excluding hydrogens is 206 g/mol. The lowest BCUT2D eigenvalue weighted by Gasteiger charge is -2.23. The van der Waals surface area contributed by atoms with E-state index in [-0.39, 0.29) is 6.10 Å². The molecule has 5 heteroatoms. The maximum atomic E-state index is 5.57. The lowest BCUT2D eigenvalue weighted by atomic mass is 10.3. The van der Waals surface area contributed by atoms with Gasteiger partial charge < -0.3 is 14.8 Å². The van der Waals surface area contributed by atoms with Gasteiger partial charge in [-0.05, 0) is 6.42 Å². The minimum atomic E-state index is 0.119. The average Bonchev–Trinajstić information content (AvgIpc) is 2.38. The summed E-state index contributed by atoms with van der Waals surface area (Å²) in [6.45, 7) is 5.10. The summed E-state index contributed by atoms with van der Waals surface area (Å²) in [7, 11) is 0. The molecule has 1 fully saturated rings. The van der Waals surface area contributed by atoms with Crippen LogP contribution < -0.4 is 10.1 Å². The maximum Gasteiger partial charge on any atom is 0.216 e. The van der Waals surface area contributed by atoms with Crippen LogP contribution in [0.25, 0.3) is 0 Å². The highest BCUT2D eigenvalue weighted by molar-refractivity contribution is 5.13. The molecule has 0 spiro atoms. The number of aromatic nitrogens is 2. The van der Waals surface area contributed by atoms with Crippen molar-refractivity contribution in [3.05, 3.63) is 18.1 Å². The highest BCUT2D eigenvalue weighted by atomic mass is 16.5. The molecule has 0 amide bonds. The number of morpholine rings is 1. The number of hydrogen-bond donors (Lipinski definition) is 1. The molecule has 1 aromatic rings. The van der Waals surface area contributed by atoms with Crippen molar-refractivity contribution in [2.75, 3.05) is 26.3 Å². The topological polar surface area (TPSA) is 56.3 Å². The molecule has 0 bridgehead atoms. The van der Waals surface area contributed by atoms with Crippen LogP contribution >= 0.6 is 0 Å². The molecule has 1 aliphatic heterocycles. The van der Waals surface area contributed by atoms with Gasteiger partial charge in [0, 0.05) is 24.8 Å². The number of hydrogen-bond acceptors (Lipinski definition) is 5. The summed E-state index contributed by atoms with van der Waals surface area (Å²) in [6.07, 6.45) is 2.54. The Morgan fingerprint density at radius 2 is 2.50 bits per heavy atom. The fourth-order valence-electron chi connectivity index (χ4n) is 1.55. The Kier molecular flexibility index (Phi) is 4.07. The highest BCUT2D eigenvalue weighted by Gasteiger charge is 2.14. The molecule has 1 unspecified atom stereocenters. The summed E-state index contributed by atoms with van der Waals surface area (Å²) < 4.78 is 11.1. The second-order valence-electron chi connectivity index (χ2n) is 3.71. The Bertz CT molecular complexity index is 327. The summed E-state index contributed by atoms with van der Waals surface area (Å²) >= 11 is 0. The predicted octanol–water partition coefficient (Wildman–Crippen LogP) is 0.406. The first-order valence-corrected chi connectivity index (χ1v) is 5.64. The predicted molar refractivity (Wildman–Crippen MR) is 59.5 cm³/mol. The Balaban J connectivity index is 1.83. The van der Waals surface area contributed by atoms with Gasteiger partial charge in [-0.25, -0.2) is 9.97 Å². The number of nitrogens with zero attached hydrogens (tertiary/aromatic N) is 2. The van der Waals surface area contributed by atoms with E-state index in [4.69, 9.17) is 9.47 Å². The van der Waals surface area contributed by atoms with Gasteiger partial charge in [0.15, 0.2) is 0 Å². The van der Waals surface area contributed by atoms with Crippen molar-refractivity contribution < 1.29 is 9.47 Å². The fraction of sp³-hybridized carbons (Fsp3) is 0.636. The standard InChI is InChI=1S/C11H17N3O2/c1-2-9-5-11(14-8-13-9)16-7-10-6-12-3-4-15-10/h5,8,10,12H,2-4,6-7H2,1H3. The average molecular weight is 223 g/mol. The first-order chi connectivity index (χ1) is 7.88. The Morgan fingerprint density at radius 3 is 3.25 bits per heavy atom. The van der Waals surface area contributed by atoms with Crippen LogP contribution in [0.15, 0.2) is 12.4 Å². The van der Waals surface area contributed by atoms with E-state index in [2.05, 4.69) is 22.2 Å². The molecule has 1 saturated heterocycles. The lowest BCUT2D eigenvalue weighted by Crippen LogP contribution is -2.41. The van der Waals surface area contributed by atoms with Crippen molar-refractivity contribution in [3.63, 3.8) is 0 Å². The van der Waals surface area contributed by atoms with Gasteiger partial charge in [-0.15, -0.1) is 0 Å². The number of aryl methyl sites for hydroxylation is 1. The van der Waals surface area contributed by atoms with Crippen molar-refractivity contribution in [1.29, 1.82) is 0 Å². The number of ether oxygens (including phenoxy) is 2. The molecule has 0 aromatic carbocycles. The third kappa shape index (κ3) is 3.15. The van der Waals surface area contributed by atoms with E-state index >= 15 is 0 Å². The van der Waals surface area contributed by atoms with Crippen LogP contribution in [-0.2, 0) is 11.2 Å². The van der Waals surface area contributed by atoms with Crippen LogP contribution in [0.1, 0.15) is 12.6 Å². The molecule has 1 atom stereocenters. The van der Waals surface area contributed by atoms with Crippen LogP contribution in [0.4, 0.5) is 0 Å². The Hall–Kier alpha value is -1.20. The first-order valence-electron chi connectivity index (χ1n) is 5.64. The first kappa shape index (κ1) is 11.3. The van der Waals surface area contributed by atoms with Gasteiger partial charge in [0.1, 0.15) is 19.0 Å². The van der Waals surface area contributed by atoms with Crippen molar-refractivity contribution in [2.24, 2.45) is 0 Å². The molecule has 2 heterocycles. The van der Waals surface area contributed by atoms with Crippen LogP contribution in [0.2, 0.25) is 0 Å². The van der Waals surface area contributed by atoms with E-state index in [1.165, 1.54) is 6.33 Å². The van der Waals surface area contributed by atoms with E-state index < -0.39 is 0 Å². The van der Waals surface area contributed by atoms with Gasteiger partial charge in [0.25, 0.3) is 0 Å². The van der Waals surface area contributed by atoms with E-state index in [9.17, 15) is 0 Å². The number of nitrogens with one attached hydrogen (secondary N) is 1. The van der Waals surface area contributed by atoms with Crippen LogP contribution in [0.5, 0.6) is 5.88 Å². The molecule has 0 aliphatic carbocycles. The smallest absolute Gasteiger partial charge is 0.216 e. The monoisotopic (exact) mass is 223 g/mol. The zero-order valence-electron chi connectivity index (χ0n) is 9.48. The zero-order valence-corrected chi connectivity index (χ0v) is 9.48. The summed E-state index contributed by atoms with van der Waals surface area (Å²) in [5.74, 6) is 0.626. The summed E-state index contributed by atoms with van der Waals surface area (Å²) in [6, 6.07) is 1.87. The fourth-order valence-corrected chi connectivity index (χ4v) is 1.55. The second-order valence-corrected chi connectivity index (χ2v) is 3.71. The molecule has 1 aliphatic rings. The molecule has 0 saturated carbocycles. The van der Waals surface area contributed by atoms with Gasteiger partial charge in [-0.1, -0.05) is 6.92 Å². The Morgan fingerprint density at radius 1 is 1.56 bits per heavy atom. The maximum absolute atomic E-state index is 5.57. The van der Waals surface area contributed by atoms with E-state index in [0.717, 1.165) is 31.8 Å². The normalized spacial score (nSPS) is 20.7. The third-order valence-corrected chi connectivity index (χ3v) is 2.48. The van der Waals surface area contributed by atoms with Crippen LogP contribution in [-0.4, -0.2) is 42.4 Å². The summed E-state index contributed by atoms with van der Waals surface area (Å²) in [5, 5.41) is 3.26. The van der Waals surface area contributed by atoms with Gasteiger partial charge in [0.2, 0.25) is 5.88 Å². The third-order valence-electron chi connectivity index (χ3n) is 2.48. The largest absolute Gasteiger partial charge is 0.475 e. The zero-order chi connectivity index (χ0) is 11.2. The summed E-state index contributed by atoms with van der Waals surface area (Å²) in [5.41, 5.74) is 0.993. The lowest BCUT2D eigenvalue weighted by molar-refractivity contribution is -0.000790. The molecule has 1 N–H and O–H groups in total. The Labute approximate surface area is 95.2 Å². The van der Waals surface area contributed by atoms with E-state index in [1.807, 2.05) is 6.07 Å². The van der Waals surface area contributed by atoms with Gasteiger partial charge in [-0.3, -0.25) is 0 Å². The van der Waals surface area contributed by atoms with Crippen molar-refractivity contribution in [3.8, 4) is 5.88 Å². The van der Waals surface area contributed by atoms with Crippen molar-refractivity contribution in [1.82, 2.24) is 15.3 Å².